The van der Waals surface area contributed by atoms with Crippen molar-refractivity contribution in [2.45, 2.75) is 45.3 Å². The lowest BCUT2D eigenvalue weighted by molar-refractivity contribution is -0.147. The van der Waals surface area contributed by atoms with Gasteiger partial charge in [0.25, 0.3) is 5.89 Å². The minimum Gasteiger partial charge on any atom is -0.469 e. The van der Waals surface area contributed by atoms with Crippen LogP contribution in [0.5, 0.6) is 0 Å². The molecular weight excluding hydrogens is 236 g/mol. The van der Waals surface area contributed by atoms with E-state index in [4.69, 9.17) is 14.0 Å². The summed E-state index contributed by atoms with van der Waals surface area (Å²) in [6.45, 7) is 2.11. The van der Waals surface area contributed by atoms with Gasteiger partial charge in [-0.25, -0.2) is 0 Å². The van der Waals surface area contributed by atoms with Crippen LogP contribution < -0.4 is 0 Å². The van der Waals surface area contributed by atoms with E-state index in [0.717, 1.165) is 25.7 Å². The number of carbonyl (C=O) groups excluding carboxylic acids is 1. The highest BCUT2D eigenvalue weighted by Gasteiger charge is 2.27. The van der Waals surface area contributed by atoms with Gasteiger partial charge in [-0.1, -0.05) is 5.16 Å². The van der Waals surface area contributed by atoms with Gasteiger partial charge in [-0.15, -0.1) is 0 Å². The summed E-state index contributed by atoms with van der Waals surface area (Å²) in [5.74, 6) is 1.03. The lowest BCUT2D eigenvalue weighted by Gasteiger charge is -2.26. The molecule has 0 N–H and O–H groups in total. The molecule has 1 fully saturated rings. The van der Waals surface area contributed by atoms with E-state index in [0.29, 0.717) is 18.3 Å². The number of nitrogens with zero attached hydrogens (tertiary/aromatic N) is 2. The quantitative estimate of drug-likeness (QED) is 0.760. The Hall–Kier alpha value is -1.43. The Balaban J connectivity index is 1.72. The van der Waals surface area contributed by atoms with E-state index in [1.165, 1.54) is 7.11 Å². The second kappa shape index (κ2) is 5.95. The Labute approximate surface area is 106 Å². The van der Waals surface area contributed by atoms with Crippen LogP contribution >= 0.6 is 0 Å². The Bertz CT molecular complexity index is 397. The number of hydrogen-bond donors (Lipinski definition) is 0. The van der Waals surface area contributed by atoms with E-state index in [9.17, 15) is 4.79 Å². The fraction of sp³-hybridized carbons (Fsp3) is 0.750. The zero-order valence-corrected chi connectivity index (χ0v) is 10.7. The number of aromatic nitrogens is 2. The van der Waals surface area contributed by atoms with Crippen molar-refractivity contribution in [3.05, 3.63) is 11.7 Å². The Kier molecular flexibility index (Phi) is 4.30. The normalized spacial score (nSPS) is 23.9. The van der Waals surface area contributed by atoms with Crippen molar-refractivity contribution in [2.24, 2.45) is 5.92 Å². The van der Waals surface area contributed by atoms with E-state index in [2.05, 4.69) is 10.1 Å². The maximum Gasteiger partial charge on any atom is 0.308 e. The van der Waals surface area contributed by atoms with E-state index in [-0.39, 0.29) is 18.0 Å². The number of hydrogen-bond acceptors (Lipinski definition) is 6. The molecular formula is C12H18N2O4. The summed E-state index contributed by atoms with van der Waals surface area (Å²) in [5, 5.41) is 3.70. The first-order valence-corrected chi connectivity index (χ1v) is 6.17. The van der Waals surface area contributed by atoms with Gasteiger partial charge >= 0.3 is 5.97 Å². The Morgan fingerprint density at radius 2 is 2.11 bits per heavy atom. The van der Waals surface area contributed by atoms with E-state index < -0.39 is 0 Å². The molecule has 1 aromatic heterocycles. The minimum atomic E-state index is -0.110. The molecule has 1 saturated carbocycles. The zero-order valence-electron chi connectivity index (χ0n) is 10.7. The maximum atomic E-state index is 11.4. The molecule has 2 rings (SSSR count). The van der Waals surface area contributed by atoms with Crippen molar-refractivity contribution in [1.82, 2.24) is 10.1 Å². The van der Waals surface area contributed by atoms with Crippen molar-refractivity contribution >= 4 is 5.97 Å². The molecule has 18 heavy (non-hydrogen) atoms. The minimum absolute atomic E-state index is 0.0282. The summed E-state index contributed by atoms with van der Waals surface area (Å²) >= 11 is 0. The summed E-state index contributed by atoms with van der Waals surface area (Å²) in [6, 6.07) is 0. The first-order valence-electron chi connectivity index (χ1n) is 6.17. The van der Waals surface area contributed by atoms with Gasteiger partial charge < -0.3 is 14.0 Å². The molecule has 1 aliphatic carbocycles. The van der Waals surface area contributed by atoms with Crippen LogP contribution in [0.2, 0.25) is 0 Å². The summed E-state index contributed by atoms with van der Waals surface area (Å²) in [7, 11) is 1.43. The van der Waals surface area contributed by atoms with Crippen LogP contribution in [0.25, 0.3) is 0 Å². The molecule has 1 aromatic rings. The standard InChI is InChI=1S/C12H18N2O4/c1-8-13-11(18-14-8)7-17-10-5-3-9(4-6-10)12(15)16-2/h9-10H,3-7H2,1-2H3. The fourth-order valence-corrected chi connectivity index (χ4v) is 2.22. The van der Waals surface area contributed by atoms with Crippen LogP contribution in [0.4, 0.5) is 0 Å². The van der Waals surface area contributed by atoms with Crippen LogP contribution in [-0.2, 0) is 20.9 Å². The predicted octanol–water partition coefficient (Wildman–Crippen LogP) is 1.63. The summed E-state index contributed by atoms with van der Waals surface area (Å²) in [6.07, 6.45) is 3.54. The molecule has 6 heteroatoms. The summed E-state index contributed by atoms with van der Waals surface area (Å²) < 4.78 is 15.4. The highest BCUT2D eigenvalue weighted by Crippen LogP contribution is 2.27. The molecule has 1 heterocycles. The first kappa shape index (κ1) is 13.0. The fourth-order valence-electron chi connectivity index (χ4n) is 2.22. The molecule has 0 atom stereocenters. The molecule has 0 aromatic carbocycles. The number of ether oxygens (including phenoxy) is 2. The molecule has 0 radical (unpaired) electrons. The number of esters is 1. The highest BCUT2D eigenvalue weighted by molar-refractivity contribution is 5.72. The summed E-state index contributed by atoms with van der Waals surface area (Å²) in [5.41, 5.74) is 0. The van der Waals surface area contributed by atoms with Gasteiger partial charge in [0.05, 0.1) is 19.1 Å². The predicted molar refractivity (Wildman–Crippen MR) is 61.6 cm³/mol. The van der Waals surface area contributed by atoms with Gasteiger partial charge in [-0.05, 0) is 32.6 Å². The largest absolute Gasteiger partial charge is 0.469 e. The molecule has 0 amide bonds. The average molecular weight is 254 g/mol. The van der Waals surface area contributed by atoms with E-state index >= 15 is 0 Å². The van der Waals surface area contributed by atoms with Gasteiger partial charge in [-0.3, -0.25) is 4.79 Å². The molecule has 0 bridgehead atoms. The van der Waals surface area contributed by atoms with Crippen LogP contribution in [-0.4, -0.2) is 29.3 Å². The lowest BCUT2D eigenvalue weighted by atomic mass is 9.87. The SMILES string of the molecule is COC(=O)C1CCC(OCc2nc(C)no2)CC1. The van der Waals surface area contributed by atoms with Gasteiger partial charge in [0.15, 0.2) is 5.82 Å². The number of methoxy groups -OCH3 is 1. The topological polar surface area (TPSA) is 74.5 Å². The zero-order chi connectivity index (χ0) is 13.0. The van der Waals surface area contributed by atoms with Crippen molar-refractivity contribution in [2.75, 3.05) is 7.11 Å². The third-order valence-electron chi connectivity index (χ3n) is 3.22. The van der Waals surface area contributed by atoms with Crippen LogP contribution in [0, 0.1) is 12.8 Å². The number of rotatable bonds is 4. The number of aryl methyl sites for hydroxylation is 1. The Morgan fingerprint density at radius 3 is 2.67 bits per heavy atom. The first-order chi connectivity index (χ1) is 8.69. The molecule has 0 saturated heterocycles. The number of carbonyl (C=O) groups is 1. The van der Waals surface area contributed by atoms with Gasteiger partial charge in [0.1, 0.15) is 6.61 Å². The monoisotopic (exact) mass is 254 g/mol. The van der Waals surface area contributed by atoms with E-state index in [1.807, 2.05) is 0 Å². The van der Waals surface area contributed by atoms with Gasteiger partial charge in [0.2, 0.25) is 0 Å². The van der Waals surface area contributed by atoms with E-state index in [1.54, 1.807) is 6.92 Å². The molecule has 0 spiro atoms. The average Bonchev–Trinajstić information content (AvgIpc) is 2.82. The highest BCUT2D eigenvalue weighted by atomic mass is 16.5. The smallest absolute Gasteiger partial charge is 0.308 e. The van der Waals surface area contributed by atoms with Crippen molar-refractivity contribution in [3.63, 3.8) is 0 Å². The Morgan fingerprint density at radius 1 is 1.39 bits per heavy atom. The van der Waals surface area contributed by atoms with Crippen LogP contribution in [0.15, 0.2) is 4.52 Å². The molecule has 0 aliphatic heterocycles. The molecule has 0 unspecified atom stereocenters. The van der Waals surface area contributed by atoms with Crippen LogP contribution in [0.3, 0.4) is 0 Å². The van der Waals surface area contributed by atoms with Crippen LogP contribution in [0.1, 0.15) is 37.4 Å². The third kappa shape index (κ3) is 3.29. The third-order valence-corrected chi connectivity index (χ3v) is 3.22. The maximum absolute atomic E-state index is 11.4. The molecule has 1 aliphatic rings. The summed E-state index contributed by atoms with van der Waals surface area (Å²) in [4.78, 5) is 15.4. The molecule has 6 nitrogen and oxygen atoms in total. The van der Waals surface area contributed by atoms with Gasteiger partial charge in [0, 0.05) is 0 Å². The van der Waals surface area contributed by atoms with Crippen molar-refractivity contribution in [1.29, 1.82) is 0 Å². The van der Waals surface area contributed by atoms with Crippen molar-refractivity contribution in [3.8, 4) is 0 Å². The molecule has 100 valence electrons. The van der Waals surface area contributed by atoms with Crippen molar-refractivity contribution < 1.29 is 18.8 Å². The van der Waals surface area contributed by atoms with Gasteiger partial charge in [-0.2, -0.15) is 4.98 Å². The lowest BCUT2D eigenvalue weighted by Crippen LogP contribution is -2.26. The second-order valence-electron chi connectivity index (χ2n) is 4.54. The second-order valence-corrected chi connectivity index (χ2v) is 4.54.